The first kappa shape index (κ1) is 72.4. The first-order valence-electron chi connectivity index (χ1n) is 33.1. The predicted molar refractivity (Wildman–Crippen MR) is 325 cm³/mol. The van der Waals surface area contributed by atoms with Crippen LogP contribution in [0.1, 0.15) is 355 Å². The molecule has 0 amide bonds. The highest BCUT2D eigenvalue weighted by Gasteiger charge is 2.19. The molecule has 0 atom stereocenters. The lowest BCUT2D eigenvalue weighted by Gasteiger charge is -2.18. The Bertz CT molecular complexity index is 1240. The number of allylic oxidation sites excluding steroid dienone is 8. The number of ether oxygens (including phenoxy) is 3. The maximum atomic E-state index is 12.9. The summed E-state index contributed by atoms with van der Waals surface area (Å²) in [6.07, 6.45) is 79.7. The maximum absolute atomic E-state index is 12.9. The van der Waals surface area contributed by atoms with Gasteiger partial charge in [0.1, 0.15) is 13.2 Å². The fraction of sp³-hybridized carbons (Fsp3) is 0.841. The zero-order valence-electron chi connectivity index (χ0n) is 50.3. The third-order valence-electron chi connectivity index (χ3n) is 14.8. The SMILES string of the molecule is CCCCC/C=C\C/C=C\C/C=C\C/C=C\CCCCCC(=O)OC(COC(=O)CCCCCCCCCCCCCCCCCCCCC)COC(=O)CCCCCCCCCCCCCCCCCCCCC. The van der Waals surface area contributed by atoms with Crippen LogP contribution < -0.4 is 0 Å². The molecule has 0 aliphatic carbocycles. The van der Waals surface area contributed by atoms with Crippen molar-refractivity contribution in [3.63, 3.8) is 0 Å². The van der Waals surface area contributed by atoms with E-state index in [0.29, 0.717) is 19.3 Å². The third-order valence-corrected chi connectivity index (χ3v) is 14.8. The number of carbonyl (C=O) groups is 3. The minimum absolute atomic E-state index is 0.0811. The summed E-state index contributed by atoms with van der Waals surface area (Å²) in [4.78, 5) is 38.4. The van der Waals surface area contributed by atoms with E-state index in [1.54, 1.807) is 0 Å². The molecule has 0 N–H and O–H groups in total. The Balaban J connectivity index is 4.38. The second-order valence-electron chi connectivity index (χ2n) is 22.4. The van der Waals surface area contributed by atoms with E-state index in [-0.39, 0.29) is 31.1 Å². The molecule has 0 saturated carbocycles. The second-order valence-corrected chi connectivity index (χ2v) is 22.4. The van der Waals surface area contributed by atoms with E-state index in [2.05, 4.69) is 69.4 Å². The lowest BCUT2D eigenvalue weighted by atomic mass is 10.0. The molecule has 0 fully saturated rings. The molecule has 0 spiro atoms. The molecule has 75 heavy (non-hydrogen) atoms. The summed E-state index contributed by atoms with van der Waals surface area (Å²) in [7, 11) is 0. The molecule has 0 aromatic carbocycles. The zero-order valence-corrected chi connectivity index (χ0v) is 50.3. The number of unbranched alkanes of at least 4 members (excludes halogenated alkanes) is 42. The van der Waals surface area contributed by atoms with Crippen molar-refractivity contribution >= 4 is 17.9 Å². The predicted octanol–water partition coefficient (Wildman–Crippen LogP) is 22.6. The second kappa shape index (κ2) is 63.9. The average Bonchev–Trinajstić information content (AvgIpc) is 3.41. The van der Waals surface area contributed by atoms with Gasteiger partial charge in [-0.3, -0.25) is 14.4 Å². The van der Waals surface area contributed by atoms with Gasteiger partial charge in [0, 0.05) is 19.3 Å². The van der Waals surface area contributed by atoms with Crippen LogP contribution in [-0.2, 0) is 28.6 Å². The first-order chi connectivity index (χ1) is 37.0. The molecular weight excluding hydrogens is 925 g/mol. The largest absolute Gasteiger partial charge is 0.462 e. The fourth-order valence-corrected chi connectivity index (χ4v) is 9.84. The van der Waals surface area contributed by atoms with Crippen molar-refractivity contribution in [3.05, 3.63) is 48.6 Å². The number of hydrogen-bond donors (Lipinski definition) is 0. The van der Waals surface area contributed by atoms with Crippen molar-refractivity contribution < 1.29 is 28.6 Å². The van der Waals surface area contributed by atoms with Crippen LogP contribution >= 0.6 is 0 Å². The van der Waals surface area contributed by atoms with E-state index < -0.39 is 6.10 Å². The molecule has 6 heteroatoms. The van der Waals surface area contributed by atoms with Crippen LogP contribution in [0.25, 0.3) is 0 Å². The van der Waals surface area contributed by atoms with E-state index in [1.165, 1.54) is 231 Å². The minimum Gasteiger partial charge on any atom is -0.462 e. The van der Waals surface area contributed by atoms with Gasteiger partial charge in [-0.2, -0.15) is 0 Å². The monoisotopic (exact) mass is 1050 g/mol. The summed E-state index contributed by atoms with van der Waals surface area (Å²) in [5.41, 5.74) is 0. The third kappa shape index (κ3) is 62.1. The molecular formula is C69H126O6. The van der Waals surface area contributed by atoms with Gasteiger partial charge in [-0.05, 0) is 64.2 Å². The topological polar surface area (TPSA) is 78.9 Å². The van der Waals surface area contributed by atoms with Crippen LogP contribution in [0.4, 0.5) is 0 Å². The maximum Gasteiger partial charge on any atom is 0.306 e. The molecule has 0 rings (SSSR count). The van der Waals surface area contributed by atoms with Crippen LogP contribution in [0, 0.1) is 0 Å². The molecule has 0 saturated heterocycles. The summed E-state index contributed by atoms with van der Waals surface area (Å²) in [5, 5.41) is 0. The van der Waals surface area contributed by atoms with Gasteiger partial charge in [-0.1, -0.05) is 320 Å². The Morgan fingerprint density at radius 1 is 0.267 bits per heavy atom. The molecule has 0 aromatic rings. The Morgan fingerprint density at radius 3 is 0.773 bits per heavy atom. The summed E-state index contributed by atoms with van der Waals surface area (Å²) in [6, 6.07) is 0. The van der Waals surface area contributed by atoms with Crippen molar-refractivity contribution in [3.8, 4) is 0 Å². The Kier molecular flexibility index (Phi) is 61.7. The van der Waals surface area contributed by atoms with Crippen LogP contribution in [0.2, 0.25) is 0 Å². The van der Waals surface area contributed by atoms with E-state index in [1.807, 2.05) is 0 Å². The molecule has 0 aliphatic heterocycles. The molecule has 0 bridgehead atoms. The van der Waals surface area contributed by atoms with E-state index in [0.717, 1.165) is 83.5 Å². The lowest BCUT2D eigenvalue weighted by Crippen LogP contribution is -2.30. The molecule has 438 valence electrons. The molecule has 0 aromatic heterocycles. The normalized spacial score (nSPS) is 11.9. The zero-order chi connectivity index (χ0) is 54.3. The van der Waals surface area contributed by atoms with Gasteiger partial charge in [0.05, 0.1) is 0 Å². The number of esters is 3. The van der Waals surface area contributed by atoms with Gasteiger partial charge in [0.25, 0.3) is 0 Å². The Morgan fingerprint density at radius 2 is 0.480 bits per heavy atom. The Labute approximate surface area is 467 Å². The molecule has 0 radical (unpaired) electrons. The fourth-order valence-electron chi connectivity index (χ4n) is 9.84. The average molecular weight is 1050 g/mol. The first-order valence-corrected chi connectivity index (χ1v) is 33.1. The van der Waals surface area contributed by atoms with E-state index >= 15 is 0 Å². The summed E-state index contributed by atoms with van der Waals surface area (Å²) in [6.45, 7) is 6.65. The van der Waals surface area contributed by atoms with Gasteiger partial charge in [0.15, 0.2) is 6.10 Å². The van der Waals surface area contributed by atoms with E-state index in [4.69, 9.17) is 14.2 Å². The standard InChI is InChI=1S/C69H126O6/c1-4-7-10-13-16-19-22-25-28-31-34-37-40-43-46-49-52-55-58-61-67(70)73-64-66(75-69(72)63-60-57-54-51-48-45-42-39-36-33-30-27-24-21-18-15-12-9-6-3)65-74-68(71)62-59-56-53-50-47-44-41-38-35-32-29-26-23-20-17-14-11-8-5-2/h18,21,27,30,36,39,45,48,66H,4-17,19-20,22-26,28-29,31-35,37-38,40-44,46-47,49-65H2,1-3H3/b21-18-,30-27-,39-36-,48-45-. The Hall–Kier alpha value is -2.63. The van der Waals surface area contributed by atoms with Gasteiger partial charge >= 0.3 is 17.9 Å². The highest BCUT2D eigenvalue weighted by atomic mass is 16.6. The highest BCUT2D eigenvalue weighted by Crippen LogP contribution is 2.18. The molecule has 0 aliphatic rings. The highest BCUT2D eigenvalue weighted by molar-refractivity contribution is 5.71. The van der Waals surface area contributed by atoms with Crippen LogP contribution in [0.5, 0.6) is 0 Å². The minimum atomic E-state index is -0.788. The van der Waals surface area contributed by atoms with Crippen molar-refractivity contribution in [2.75, 3.05) is 13.2 Å². The van der Waals surface area contributed by atoms with Crippen LogP contribution in [-0.4, -0.2) is 37.2 Å². The quantitative estimate of drug-likeness (QED) is 0.0261. The van der Waals surface area contributed by atoms with Crippen LogP contribution in [0.15, 0.2) is 48.6 Å². The number of rotatable bonds is 61. The van der Waals surface area contributed by atoms with E-state index in [9.17, 15) is 14.4 Å². The van der Waals surface area contributed by atoms with Crippen molar-refractivity contribution in [1.29, 1.82) is 0 Å². The molecule has 6 nitrogen and oxygen atoms in total. The summed E-state index contributed by atoms with van der Waals surface area (Å²) in [5.74, 6) is -0.886. The smallest absolute Gasteiger partial charge is 0.306 e. The number of carbonyl (C=O) groups excluding carboxylic acids is 3. The number of hydrogen-bond acceptors (Lipinski definition) is 6. The van der Waals surface area contributed by atoms with Gasteiger partial charge in [0.2, 0.25) is 0 Å². The van der Waals surface area contributed by atoms with Crippen molar-refractivity contribution in [2.45, 2.75) is 361 Å². The molecule has 0 heterocycles. The van der Waals surface area contributed by atoms with Gasteiger partial charge in [-0.25, -0.2) is 0 Å². The van der Waals surface area contributed by atoms with Crippen molar-refractivity contribution in [2.24, 2.45) is 0 Å². The summed E-state index contributed by atoms with van der Waals surface area (Å²) >= 11 is 0. The van der Waals surface area contributed by atoms with Crippen molar-refractivity contribution in [1.82, 2.24) is 0 Å². The lowest BCUT2D eigenvalue weighted by molar-refractivity contribution is -0.167. The van der Waals surface area contributed by atoms with Crippen LogP contribution in [0.3, 0.4) is 0 Å². The summed E-state index contributed by atoms with van der Waals surface area (Å²) < 4.78 is 16.9. The van der Waals surface area contributed by atoms with Gasteiger partial charge < -0.3 is 14.2 Å². The van der Waals surface area contributed by atoms with Gasteiger partial charge in [-0.15, -0.1) is 0 Å². The molecule has 0 unspecified atom stereocenters.